The Bertz CT molecular complexity index is 656. The van der Waals surface area contributed by atoms with Gasteiger partial charge in [-0.2, -0.15) is 4.37 Å². The number of nitrogens with zero attached hydrogens (tertiary/aromatic N) is 2. The maximum Gasteiger partial charge on any atom is 0.143 e. The van der Waals surface area contributed by atoms with Gasteiger partial charge in [0, 0.05) is 11.6 Å². The third-order valence-corrected chi connectivity index (χ3v) is 3.28. The highest BCUT2D eigenvalue weighted by atomic mass is 32.1. The molecule has 0 spiro atoms. The third kappa shape index (κ3) is 2.10. The van der Waals surface area contributed by atoms with Crippen LogP contribution in [0.15, 0.2) is 59.6 Å². The first-order valence-corrected chi connectivity index (χ1v) is 6.14. The Kier molecular flexibility index (Phi) is 2.68. The Morgan fingerprint density at radius 1 is 0.941 bits per heavy atom. The summed E-state index contributed by atoms with van der Waals surface area (Å²) >= 11 is 1.43. The third-order valence-electron chi connectivity index (χ3n) is 2.50. The van der Waals surface area contributed by atoms with E-state index in [0.29, 0.717) is 0 Å². The Morgan fingerprint density at radius 2 is 1.71 bits per heavy atom. The lowest BCUT2D eigenvalue weighted by atomic mass is 10.2. The largest absolute Gasteiger partial charge is 0.243 e. The minimum absolute atomic E-state index is 0.962. The minimum atomic E-state index is 0.962. The summed E-state index contributed by atoms with van der Waals surface area (Å²) in [5, 5.41) is 2.08. The molecule has 1 heterocycles. The second-order valence-electron chi connectivity index (χ2n) is 3.67. The average Bonchev–Trinajstić information content (AvgIpc) is 2.81. The molecule has 0 aliphatic rings. The van der Waals surface area contributed by atoms with E-state index in [0.717, 1.165) is 21.5 Å². The van der Waals surface area contributed by atoms with Gasteiger partial charge in [0.05, 0.1) is 5.52 Å². The minimum Gasteiger partial charge on any atom is -0.243 e. The molecule has 0 N–H and O–H groups in total. The molecule has 0 saturated carbocycles. The van der Waals surface area contributed by atoms with Crippen molar-refractivity contribution in [2.45, 2.75) is 0 Å². The smallest absolute Gasteiger partial charge is 0.143 e. The lowest BCUT2D eigenvalue weighted by molar-refractivity contribution is 1.62. The van der Waals surface area contributed by atoms with E-state index in [2.05, 4.69) is 15.4 Å². The fraction of sp³-hybridized carbons (Fsp3) is 0. The summed E-state index contributed by atoms with van der Waals surface area (Å²) in [5.41, 5.74) is 2.11. The lowest BCUT2D eigenvalue weighted by Crippen LogP contribution is -1.76. The van der Waals surface area contributed by atoms with Crippen molar-refractivity contribution < 1.29 is 0 Å². The zero-order chi connectivity index (χ0) is 11.5. The quantitative estimate of drug-likeness (QED) is 0.618. The van der Waals surface area contributed by atoms with Gasteiger partial charge in [-0.15, -0.1) is 0 Å². The molecule has 0 aliphatic heterocycles. The van der Waals surface area contributed by atoms with Gasteiger partial charge >= 0.3 is 0 Å². The van der Waals surface area contributed by atoms with Gasteiger partial charge in [-0.3, -0.25) is 0 Å². The van der Waals surface area contributed by atoms with Crippen molar-refractivity contribution in [3.63, 3.8) is 0 Å². The summed E-state index contributed by atoms with van der Waals surface area (Å²) in [5.74, 6) is 0. The SMILES string of the molecule is C(=Nc1snc2ccccc12)c1ccccc1. The van der Waals surface area contributed by atoms with Crippen LogP contribution in [-0.4, -0.2) is 10.6 Å². The van der Waals surface area contributed by atoms with Crippen LogP contribution < -0.4 is 0 Å². The summed E-state index contributed by atoms with van der Waals surface area (Å²) in [6.45, 7) is 0. The van der Waals surface area contributed by atoms with Crippen LogP contribution in [0.5, 0.6) is 0 Å². The van der Waals surface area contributed by atoms with Crippen molar-refractivity contribution in [2.75, 3.05) is 0 Å². The van der Waals surface area contributed by atoms with Crippen molar-refractivity contribution in [1.82, 2.24) is 4.37 Å². The molecule has 3 aromatic rings. The maximum absolute atomic E-state index is 4.50. The summed E-state index contributed by atoms with van der Waals surface area (Å²) < 4.78 is 4.36. The summed E-state index contributed by atoms with van der Waals surface area (Å²) in [6.07, 6.45) is 1.87. The molecule has 1 aromatic heterocycles. The Hall–Kier alpha value is -2.00. The van der Waals surface area contributed by atoms with Crippen molar-refractivity contribution >= 4 is 33.7 Å². The Balaban J connectivity index is 1.98. The molecule has 3 heteroatoms. The molecule has 82 valence electrons. The summed E-state index contributed by atoms with van der Waals surface area (Å²) in [6, 6.07) is 18.1. The zero-order valence-electron chi connectivity index (χ0n) is 9.08. The number of aromatic nitrogens is 1. The van der Waals surface area contributed by atoms with E-state index in [1.807, 2.05) is 54.7 Å². The van der Waals surface area contributed by atoms with Crippen LogP contribution in [-0.2, 0) is 0 Å². The monoisotopic (exact) mass is 238 g/mol. The van der Waals surface area contributed by atoms with E-state index in [-0.39, 0.29) is 0 Å². The zero-order valence-corrected chi connectivity index (χ0v) is 9.89. The highest BCUT2D eigenvalue weighted by Crippen LogP contribution is 2.29. The summed E-state index contributed by atoms with van der Waals surface area (Å²) in [7, 11) is 0. The van der Waals surface area contributed by atoms with Crippen LogP contribution in [0.4, 0.5) is 5.00 Å². The van der Waals surface area contributed by atoms with Gasteiger partial charge in [-0.1, -0.05) is 42.5 Å². The number of hydrogen-bond donors (Lipinski definition) is 0. The average molecular weight is 238 g/mol. The molecular weight excluding hydrogens is 228 g/mol. The molecule has 3 rings (SSSR count). The van der Waals surface area contributed by atoms with Gasteiger partial charge in [-0.25, -0.2) is 4.99 Å². The predicted octanol–water partition coefficient (Wildman–Crippen LogP) is 4.05. The van der Waals surface area contributed by atoms with Crippen LogP contribution >= 0.6 is 11.5 Å². The number of fused-ring (bicyclic) bond motifs is 1. The van der Waals surface area contributed by atoms with Gasteiger partial charge in [0.1, 0.15) is 5.00 Å². The van der Waals surface area contributed by atoms with Gasteiger partial charge in [0.2, 0.25) is 0 Å². The number of hydrogen-bond acceptors (Lipinski definition) is 3. The molecule has 0 saturated heterocycles. The maximum atomic E-state index is 4.50. The van der Waals surface area contributed by atoms with Crippen LogP contribution in [0.25, 0.3) is 10.9 Å². The van der Waals surface area contributed by atoms with E-state index in [4.69, 9.17) is 0 Å². The molecule has 0 bridgehead atoms. The molecular formula is C14H10N2S. The predicted molar refractivity (Wildman–Crippen MR) is 73.3 cm³/mol. The second-order valence-corrected chi connectivity index (χ2v) is 4.43. The van der Waals surface area contributed by atoms with Crippen molar-refractivity contribution in [3.05, 3.63) is 60.2 Å². The molecule has 17 heavy (non-hydrogen) atoms. The first-order chi connectivity index (χ1) is 8.43. The molecule has 2 aromatic carbocycles. The Morgan fingerprint density at radius 3 is 2.59 bits per heavy atom. The highest BCUT2D eigenvalue weighted by molar-refractivity contribution is 7.11. The molecule has 0 aliphatic carbocycles. The van der Waals surface area contributed by atoms with Crippen molar-refractivity contribution in [2.24, 2.45) is 4.99 Å². The second kappa shape index (κ2) is 4.47. The Labute approximate surface area is 103 Å². The van der Waals surface area contributed by atoms with E-state index >= 15 is 0 Å². The molecule has 0 amide bonds. The lowest BCUT2D eigenvalue weighted by Gasteiger charge is -1.91. The van der Waals surface area contributed by atoms with E-state index in [9.17, 15) is 0 Å². The normalized spacial score (nSPS) is 11.3. The fourth-order valence-corrected chi connectivity index (χ4v) is 2.36. The fourth-order valence-electron chi connectivity index (χ4n) is 1.64. The number of aliphatic imine (C=N–C) groups is 1. The van der Waals surface area contributed by atoms with Crippen LogP contribution in [0.3, 0.4) is 0 Å². The molecule has 0 radical (unpaired) electrons. The number of rotatable bonds is 2. The topological polar surface area (TPSA) is 25.2 Å². The first kappa shape index (κ1) is 10.2. The highest BCUT2D eigenvalue weighted by Gasteiger charge is 2.02. The molecule has 0 fully saturated rings. The number of benzene rings is 2. The van der Waals surface area contributed by atoms with Gasteiger partial charge < -0.3 is 0 Å². The van der Waals surface area contributed by atoms with Crippen LogP contribution in [0, 0.1) is 0 Å². The van der Waals surface area contributed by atoms with Gasteiger partial charge in [0.15, 0.2) is 0 Å². The standard InChI is InChI=1S/C14H10N2S/c1-2-6-11(7-3-1)10-15-14-12-8-4-5-9-13(12)16-17-14/h1-10H. The van der Waals surface area contributed by atoms with Gasteiger partial charge in [-0.05, 0) is 29.2 Å². The van der Waals surface area contributed by atoms with Crippen molar-refractivity contribution in [3.8, 4) is 0 Å². The first-order valence-electron chi connectivity index (χ1n) is 5.37. The molecule has 0 unspecified atom stereocenters. The molecule has 2 nitrogen and oxygen atoms in total. The van der Waals surface area contributed by atoms with E-state index in [1.54, 1.807) is 0 Å². The van der Waals surface area contributed by atoms with Crippen LogP contribution in [0.1, 0.15) is 5.56 Å². The van der Waals surface area contributed by atoms with Crippen LogP contribution in [0.2, 0.25) is 0 Å². The summed E-state index contributed by atoms with van der Waals surface area (Å²) in [4.78, 5) is 4.50. The molecule has 0 atom stereocenters. The van der Waals surface area contributed by atoms with Crippen molar-refractivity contribution in [1.29, 1.82) is 0 Å². The van der Waals surface area contributed by atoms with E-state index < -0.39 is 0 Å². The van der Waals surface area contributed by atoms with E-state index in [1.165, 1.54) is 11.5 Å². The van der Waals surface area contributed by atoms with Gasteiger partial charge in [0.25, 0.3) is 0 Å².